The van der Waals surface area contributed by atoms with Crippen molar-refractivity contribution in [1.82, 2.24) is 19.9 Å². The van der Waals surface area contributed by atoms with E-state index in [2.05, 4.69) is 57.6 Å². The van der Waals surface area contributed by atoms with E-state index in [4.69, 9.17) is 9.97 Å². The molecule has 0 spiro atoms. The van der Waals surface area contributed by atoms with Crippen LogP contribution in [0.5, 0.6) is 0 Å². The number of aromatic nitrogens is 4. The van der Waals surface area contributed by atoms with Gasteiger partial charge in [-0.15, -0.1) is 0 Å². The second-order valence-corrected chi connectivity index (χ2v) is 7.75. The molecule has 2 rings (SSSR count). The van der Waals surface area contributed by atoms with Crippen molar-refractivity contribution >= 4 is 0 Å². The maximum atomic E-state index is 4.78. The highest BCUT2D eigenvalue weighted by Crippen LogP contribution is 2.25. The zero-order valence-corrected chi connectivity index (χ0v) is 16.5. The largest absolute Gasteiger partial charge is 0.261 e. The van der Waals surface area contributed by atoms with Crippen LogP contribution in [0.25, 0.3) is 0 Å². The first-order valence-electron chi connectivity index (χ1n) is 9.53. The second-order valence-electron chi connectivity index (χ2n) is 7.75. The Kier molecular flexibility index (Phi) is 7.03. The summed E-state index contributed by atoms with van der Waals surface area (Å²) in [5.74, 6) is 2.64. The normalized spacial score (nSPS) is 14.1. The van der Waals surface area contributed by atoms with Crippen LogP contribution in [0, 0.1) is 0 Å². The molecular weight excluding hydrogens is 308 g/mol. The monoisotopic (exact) mass is 340 g/mol. The molecule has 0 aliphatic heterocycles. The predicted octanol–water partition coefficient (Wildman–Crippen LogP) is 5.59. The van der Waals surface area contributed by atoms with Crippen molar-refractivity contribution in [2.45, 2.75) is 84.5 Å². The molecule has 0 aliphatic rings. The van der Waals surface area contributed by atoms with Crippen molar-refractivity contribution in [2.75, 3.05) is 0 Å². The standard InChI is InChI=1S/C21H32N4/c1-14(2)19-12-22-13-20(24-19)17(6)9-7-8-16(5)18-10-11-23-21(25-18)15(3)4/h10-17H,7-9H2,1-6H3. The molecule has 2 aromatic heterocycles. The van der Waals surface area contributed by atoms with Gasteiger partial charge in [-0.05, 0) is 36.7 Å². The van der Waals surface area contributed by atoms with Gasteiger partial charge < -0.3 is 0 Å². The van der Waals surface area contributed by atoms with Gasteiger partial charge in [0, 0.05) is 30.2 Å². The fraction of sp³-hybridized carbons (Fsp3) is 0.619. The number of nitrogens with zero attached hydrogens (tertiary/aromatic N) is 4. The van der Waals surface area contributed by atoms with Crippen LogP contribution in [0.1, 0.15) is 107 Å². The molecule has 4 nitrogen and oxygen atoms in total. The predicted molar refractivity (Wildman–Crippen MR) is 103 cm³/mol. The van der Waals surface area contributed by atoms with E-state index in [1.807, 2.05) is 18.6 Å². The molecule has 0 saturated heterocycles. The van der Waals surface area contributed by atoms with E-state index in [-0.39, 0.29) is 0 Å². The first-order valence-corrected chi connectivity index (χ1v) is 9.53. The number of hydrogen-bond acceptors (Lipinski definition) is 4. The van der Waals surface area contributed by atoms with Crippen molar-refractivity contribution in [1.29, 1.82) is 0 Å². The van der Waals surface area contributed by atoms with Crippen LogP contribution in [0.4, 0.5) is 0 Å². The average molecular weight is 341 g/mol. The summed E-state index contributed by atoms with van der Waals surface area (Å²) in [6.07, 6.45) is 9.11. The van der Waals surface area contributed by atoms with Gasteiger partial charge in [0.05, 0.1) is 11.4 Å². The molecule has 0 radical (unpaired) electrons. The summed E-state index contributed by atoms with van der Waals surface area (Å²) in [6.45, 7) is 13.1. The van der Waals surface area contributed by atoms with Crippen molar-refractivity contribution in [3.05, 3.63) is 47.6 Å². The Morgan fingerprint density at radius 2 is 1.40 bits per heavy atom. The van der Waals surface area contributed by atoms with Gasteiger partial charge in [0.15, 0.2) is 0 Å². The fourth-order valence-electron chi connectivity index (χ4n) is 2.88. The molecular formula is C21H32N4. The topological polar surface area (TPSA) is 51.6 Å². The molecule has 2 heterocycles. The van der Waals surface area contributed by atoms with Gasteiger partial charge in [0.1, 0.15) is 5.82 Å². The summed E-state index contributed by atoms with van der Waals surface area (Å²) < 4.78 is 0. The van der Waals surface area contributed by atoms with Gasteiger partial charge >= 0.3 is 0 Å². The molecule has 4 heteroatoms. The molecule has 2 aromatic rings. The maximum absolute atomic E-state index is 4.78. The highest BCUT2D eigenvalue weighted by molar-refractivity contribution is 5.11. The Balaban J connectivity index is 1.89. The minimum atomic E-state index is 0.374. The molecule has 25 heavy (non-hydrogen) atoms. The van der Waals surface area contributed by atoms with Crippen LogP contribution in [-0.4, -0.2) is 19.9 Å². The zero-order chi connectivity index (χ0) is 18.4. The summed E-state index contributed by atoms with van der Waals surface area (Å²) in [6, 6.07) is 2.05. The Hall–Kier alpha value is -1.84. The average Bonchev–Trinajstić information content (AvgIpc) is 2.61. The lowest BCUT2D eigenvalue weighted by molar-refractivity contribution is 0.542. The first kappa shape index (κ1) is 19.5. The van der Waals surface area contributed by atoms with Crippen LogP contribution in [0.3, 0.4) is 0 Å². The van der Waals surface area contributed by atoms with Gasteiger partial charge in [0.25, 0.3) is 0 Å². The number of hydrogen-bond donors (Lipinski definition) is 0. The summed E-state index contributed by atoms with van der Waals surface area (Å²) in [5, 5.41) is 0. The Morgan fingerprint density at radius 3 is 2.04 bits per heavy atom. The third kappa shape index (κ3) is 5.58. The van der Waals surface area contributed by atoms with E-state index >= 15 is 0 Å². The van der Waals surface area contributed by atoms with E-state index < -0.39 is 0 Å². The van der Waals surface area contributed by atoms with E-state index in [1.165, 1.54) is 0 Å². The third-order valence-corrected chi connectivity index (χ3v) is 4.76. The smallest absolute Gasteiger partial charge is 0.131 e. The SMILES string of the molecule is CC(C)c1cncc(C(C)CCCC(C)c2ccnc(C(C)C)n2)n1. The highest BCUT2D eigenvalue weighted by Gasteiger charge is 2.13. The Bertz CT molecular complexity index is 609. The number of rotatable bonds is 8. The van der Waals surface area contributed by atoms with E-state index in [9.17, 15) is 0 Å². The third-order valence-electron chi connectivity index (χ3n) is 4.76. The molecule has 0 aliphatic carbocycles. The molecule has 136 valence electrons. The zero-order valence-electron chi connectivity index (χ0n) is 16.5. The van der Waals surface area contributed by atoms with E-state index in [1.54, 1.807) is 0 Å². The van der Waals surface area contributed by atoms with Gasteiger partial charge in [-0.1, -0.05) is 48.0 Å². The van der Waals surface area contributed by atoms with E-state index in [0.29, 0.717) is 23.7 Å². The van der Waals surface area contributed by atoms with Gasteiger partial charge in [0.2, 0.25) is 0 Å². The lowest BCUT2D eigenvalue weighted by atomic mass is 9.94. The molecule has 0 saturated carbocycles. The minimum absolute atomic E-state index is 0.374. The van der Waals surface area contributed by atoms with Gasteiger partial charge in [-0.25, -0.2) is 9.97 Å². The Labute approximate surface area is 152 Å². The lowest BCUT2D eigenvalue weighted by Crippen LogP contribution is -2.05. The summed E-state index contributed by atoms with van der Waals surface area (Å²) in [4.78, 5) is 18.2. The van der Waals surface area contributed by atoms with Gasteiger partial charge in [-0.3, -0.25) is 9.97 Å². The molecule has 0 amide bonds. The molecule has 0 fully saturated rings. The molecule has 2 unspecified atom stereocenters. The van der Waals surface area contributed by atoms with Crippen LogP contribution >= 0.6 is 0 Å². The molecule has 0 N–H and O–H groups in total. The lowest BCUT2D eigenvalue weighted by Gasteiger charge is -2.15. The highest BCUT2D eigenvalue weighted by atomic mass is 14.9. The van der Waals surface area contributed by atoms with Crippen LogP contribution < -0.4 is 0 Å². The van der Waals surface area contributed by atoms with Crippen molar-refractivity contribution in [3.63, 3.8) is 0 Å². The van der Waals surface area contributed by atoms with Crippen molar-refractivity contribution in [3.8, 4) is 0 Å². The molecule has 2 atom stereocenters. The Morgan fingerprint density at radius 1 is 0.760 bits per heavy atom. The summed E-state index contributed by atoms with van der Waals surface area (Å²) in [5.41, 5.74) is 3.36. The van der Waals surface area contributed by atoms with E-state index in [0.717, 1.165) is 42.2 Å². The summed E-state index contributed by atoms with van der Waals surface area (Å²) >= 11 is 0. The van der Waals surface area contributed by atoms with Crippen LogP contribution in [0.2, 0.25) is 0 Å². The quantitative estimate of drug-likeness (QED) is 0.628. The van der Waals surface area contributed by atoms with Crippen molar-refractivity contribution < 1.29 is 0 Å². The fourth-order valence-corrected chi connectivity index (χ4v) is 2.88. The van der Waals surface area contributed by atoms with Crippen LogP contribution in [-0.2, 0) is 0 Å². The molecule has 0 bridgehead atoms. The summed E-state index contributed by atoms with van der Waals surface area (Å²) in [7, 11) is 0. The van der Waals surface area contributed by atoms with Crippen molar-refractivity contribution in [2.24, 2.45) is 0 Å². The minimum Gasteiger partial charge on any atom is -0.261 e. The molecule has 0 aromatic carbocycles. The van der Waals surface area contributed by atoms with Crippen LogP contribution in [0.15, 0.2) is 24.7 Å². The van der Waals surface area contributed by atoms with Gasteiger partial charge in [-0.2, -0.15) is 0 Å². The maximum Gasteiger partial charge on any atom is 0.131 e. The second kappa shape index (κ2) is 9.02. The first-order chi connectivity index (χ1) is 11.9.